The highest BCUT2D eigenvalue weighted by molar-refractivity contribution is 6.33. The summed E-state index contributed by atoms with van der Waals surface area (Å²) in [7, 11) is 0. The number of alkyl halides is 1. The number of rotatable bonds is 2. The van der Waals surface area contributed by atoms with Crippen LogP contribution in [-0.4, -0.2) is 13.2 Å². The summed E-state index contributed by atoms with van der Waals surface area (Å²) >= 11 is 19.0. The average molecular weight is 344 g/mol. The minimum Gasteiger partial charge on any atom is -0.486 e. The molecule has 21 heavy (non-hydrogen) atoms. The lowest BCUT2D eigenvalue weighted by Crippen LogP contribution is -2.15. The highest BCUT2D eigenvalue weighted by Crippen LogP contribution is 2.42. The number of hydrogen-bond acceptors (Lipinski definition) is 2. The summed E-state index contributed by atoms with van der Waals surface area (Å²) in [6, 6.07) is 9.24. The summed E-state index contributed by atoms with van der Waals surface area (Å²) in [5.74, 6) is 1.33. The molecule has 5 heteroatoms. The first-order chi connectivity index (χ1) is 10.1. The number of fused-ring (bicyclic) bond motifs is 1. The van der Waals surface area contributed by atoms with E-state index < -0.39 is 5.38 Å². The second-order valence-electron chi connectivity index (χ2n) is 4.88. The van der Waals surface area contributed by atoms with Gasteiger partial charge < -0.3 is 9.47 Å². The fourth-order valence-corrected chi connectivity index (χ4v) is 3.24. The molecule has 3 rings (SSSR count). The molecule has 110 valence electrons. The van der Waals surface area contributed by atoms with Crippen molar-refractivity contribution in [2.24, 2.45) is 0 Å². The molecule has 0 bridgehead atoms. The average Bonchev–Trinajstić information content (AvgIpc) is 2.48. The number of halogens is 3. The number of aryl methyl sites for hydroxylation is 1. The van der Waals surface area contributed by atoms with E-state index in [2.05, 4.69) is 0 Å². The largest absolute Gasteiger partial charge is 0.486 e. The van der Waals surface area contributed by atoms with Gasteiger partial charge in [0.25, 0.3) is 0 Å². The zero-order valence-corrected chi connectivity index (χ0v) is 13.6. The first kappa shape index (κ1) is 14.8. The monoisotopic (exact) mass is 342 g/mol. The molecular formula is C16H13Cl3O2. The van der Waals surface area contributed by atoms with Crippen molar-refractivity contribution >= 4 is 34.8 Å². The minimum atomic E-state index is -0.396. The lowest BCUT2D eigenvalue weighted by molar-refractivity contribution is 0.171. The van der Waals surface area contributed by atoms with E-state index in [9.17, 15) is 0 Å². The molecule has 0 spiro atoms. The molecule has 1 unspecified atom stereocenters. The van der Waals surface area contributed by atoms with Gasteiger partial charge in [-0.05, 0) is 41.8 Å². The van der Waals surface area contributed by atoms with E-state index in [1.807, 2.05) is 31.2 Å². The molecule has 2 aromatic carbocycles. The van der Waals surface area contributed by atoms with Crippen molar-refractivity contribution in [3.05, 3.63) is 57.1 Å². The van der Waals surface area contributed by atoms with Gasteiger partial charge in [-0.1, -0.05) is 29.3 Å². The Morgan fingerprint density at radius 1 is 0.952 bits per heavy atom. The number of benzene rings is 2. The molecular weight excluding hydrogens is 331 g/mol. The van der Waals surface area contributed by atoms with Crippen molar-refractivity contribution in [1.29, 1.82) is 0 Å². The van der Waals surface area contributed by atoms with Gasteiger partial charge in [0.2, 0.25) is 0 Å². The van der Waals surface area contributed by atoms with E-state index in [1.165, 1.54) is 0 Å². The van der Waals surface area contributed by atoms with Crippen LogP contribution in [0.1, 0.15) is 22.1 Å². The Bertz CT molecular complexity index is 685. The van der Waals surface area contributed by atoms with Crippen LogP contribution in [0.2, 0.25) is 10.0 Å². The van der Waals surface area contributed by atoms with Gasteiger partial charge in [0.15, 0.2) is 11.5 Å². The topological polar surface area (TPSA) is 18.5 Å². The maximum absolute atomic E-state index is 6.62. The van der Waals surface area contributed by atoms with Gasteiger partial charge >= 0.3 is 0 Å². The van der Waals surface area contributed by atoms with Crippen LogP contribution in [0.3, 0.4) is 0 Å². The summed E-state index contributed by atoms with van der Waals surface area (Å²) in [5.41, 5.74) is 2.78. The third kappa shape index (κ3) is 2.94. The highest BCUT2D eigenvalue weighted by atomic mass is 35.5. The van der Waals surface area contributed by atoms with Gasteiger partial charge in [0.1, 0.15) is 13.2 Å². The number of ether oxygens (including phenoxy) is 2. The van der Waals surface area contributed by atoms with E-state index in [4.69, 9.17) is 44.3 Å². The fraction of sp³-hybridized carbons (Fsp3) is 0.250. The third-order valence-electron chi connectivity index (χ3n) is 3.45. The van der Waals surface area contributed by atoms with E-state index >= 15 is 0 Å². The van der Waals surface area contributed by atoms with Crippen LogP contribution in [0.4, 0.5) is 0 Å². The second-order valence-corrected chi connectivity index (χ2v) is 6.16. The smallest absolute Gasteiger partial charge is 0.162 e. The molecule has 0 saturated carbocycles. The van der Waals surface area contributed by atoms with Crippen molar-refractivity contribution in [2.45, 2.75) is 12.3 Å². The van der Waals surface area contributed by atoms with Gasteiger partial charge in [-0.3, -0.25) is 0 Å². The van der Waals surface area contributed by atoms with Crippen LogP contribution in [-0.2, 0) is 0 Å². The summed E-state index contributed by atoms with van der Waals surface area (Å²) in [6.45, 7) is 3.05. The molecule has 0 aliphatic carbocycles. The summed E-state index contributed by atoms with van der Waals surface area (Å²) in [5, 5.41) is 0.806. The lowest BCUT2D eigenvalue weighted by Gasteiger charge is -2.22. The lowest BCUT2D eigenvalue weighted by atomic mass is 9.99. The van der Waals surface area contributed by atoms with Crippen LogP contribution in [0.15, 0.2) is 30.3 Å². The minimum absolute atomic E-state index is 0.396. The third-order valence-corrected chi connectivity index (χ3v) is 4.48. The molecule has 0 amide bonds. The van der Waals surface area contributed by atoms with Gasteiger partial charge in [-0.15, -0.1) is 11.6 Å². The number of hydrogen-bond donors (Lipinski definition) is 0. The van der Waals surface area contributed by atoms with Crippen molar-refractivity contribution in [1.82, 2.24) is 0 Å². The van der Waals surface area contributed by atoms with Gasteiger partial charge in [0, 0.05) is 16.1 Å². The summed E-state index contributed by atoms with van der Waals surface area (Å²) < 4.78 is 11.1. The predicted molar refractivity (Wildman–Crippen MR) is 86.3 cm³/mol. The van der Waals surface area contributed by atoms with Crippen LogP contribution in [0, 0.1) is 6.92 Å². The Morgan fingerprint density at radius 3 is 2.33 bits per heavy atom. The molecule has 0 saturated heterocycles. The van der Waals surface area contributed by atoms with Crippen molar-refractivity contribution in [2.75, 3.05) is 13.2 Å². The summed E-state index contributed by atoms with van der Waals surface area (Å²) in [4.78, 5) is 0. The van der Waals surface area contributed by atoms with E-state index in [0.29, 0.717) is 34.8 Å². The van der Waals surface area contributed by atoms with Gasteiger partial charge in [-0.25, -0.2) is 0 Å². The molecule has 1 aliphatic heterocycles. The Hall–Kier alpha value is -1.09. The van der Waals surface area contributed by atoms with Crippen LogP contribution in [0.5, 0.6) is 11.5 Å². The van der Waals surface area contributed by atoms with E-state index in [-0.39, 0.29) is 0 Å². The van der Waals surface area contributed by atoms with E-state index in [0.717, 1.165) is 16.7 Å². The van der Waals surface area contributed by atoms with Crippen molar-refractivity contribution in [3.63, 3.8) is 0 Å². The molecule has 0 N–H and O–H groups in total. The quantitative estimate of drug-likeness (QED) is 0.680. The molecule has 0 fully saturated rings. The predicted octanol–water partition coefficient (Wildman–Crippen LogP) is 5.40. The molecule has 1 atom stereocenters. The molecule has 2 nitrogen and oxygen atoms in total. The fourth-order valence-electron chi connectivity index (χ4n) is 2.33. The van der Waals surface area contributed by atoms with E-state index in [1.54, 1.807) is 6.07 Å². The van der Waals surface area contributed by atoms with Crippen LogP contribution >= 0.6 is 34.8 Å². The zero-order chi connectivity index (χ0) is 15.0. The van der Waals surface area contributed by atoms with Gasteiger partial charge in [-0.2, -0.15) is 0 Å². The first-order valence-corrected chi connectivity index (χ1v) is 7.74. The van der Waals surface area contributed by atoms with Crippen LogP contribution < -0.4 is 9.47 Å². The van der Waals surface area contributed by atoms with Crippen LogP contribution in [0.25, 0.3) is 0 Å². The molecule has 0 radical (unpaired) electrons. The molecule has 2 aromatic rings. The Kier molecular flexibility index (Phi) is 4.21. The maximum Gasteiger partial charge on any atom is 0.162 e. The zero-order valence-electron chi connectivity index (χ0n) is 11.3. The van der Waals surface area contributed by atoms with Gasteiger partial charge in [0.05, 0.1) is 5.38 Å². The second kappa shape index (κ2) is 5.96. The Labute approximate surface area is 138 Å². The normalized spacial score (nSPS) is 14.9. The maximum atomic E-state index is 6.62. The van der Waals surface area contributed by atoms with Crippen molar-refractivity contribution in [3.8, 4) is 11.5 Å². The molecule has 1 heterocycles. The molecule has 0 aromatic heterocycles. The SMILES string of the molecule is Cc1ccc(Cl)cc1C(Cl)c1cc2c(cc1Cl)OCCO2. The summed E-state index contributed by atoms with van der Waals surface area (Å²) in [6.07, 6.45) is 0. The highest BCUT2D eigenvalue weighted by Gasteiger charge is 2.21. The standard InChI is InChI=1S/C16H13Cl3O2/c1-9-2-3-10(17)6-11(9)16(19)12-7-14-15(8-13(12)18)21-5-4-20-14/h2-3,6-8,16H,4-5H2,1H3. The Morgan fingerprint density at radius 2 is 1.62 bits per heavy atom. The first-order valence-electron chi connectivity index (χ1n) is 6.55. The van der Waals surface area contributed by atoms with Crippen molar-refractivity contribution < 1.29 is 9.47 Å². The Balaban J connectivity index is 2.05. The molecule has 1 aliphatic rings.